The van der Waals surface area contributed by atoms with Crippen LogP contribution in [-0.4, -0.2) is 31.3 Å². The van der Waals surface area contributed by atoms with Crippen molar-refractivity contribution in [2.45, 2.75) is 6.10 Å². The van der Waals surface area contributed by atoms with Crippen LogP contribution in [0.15, 0.2) is 29.0 Å². The van der Waals surface area contributed by atoms with Gasteiger partial charge in [-0.05, 0) is 29.0 Å². The number of aliphatic hydroxyl groups excluding tert-OH is 1. The number of hydrogen-bond donors (Lipinski definition) is 2. The Hall–Kier alpha value is -1.21. The molecule has 2 N–H and O–H groups in total. The number of nitrogens with one attached hydrogen (secondary N) is 1. The van der Waals surface area contributed by atoms with Crippen LogP contribution in [0.25, 0.3) is 10.4 Å². The van der Waals surface area contributed by atoms with Gasteiger partial charge in [-0.1, -0.05) is 0 Å². The summed E-state index contributed by atoms with van der Waals surface area (Å²) >= 11 is 3.18. The van der Waals surface area contributed by atoms with Crippen molar-refractivity contribution in [1.82, 2.24) is 5.32 Å². The van der Waals surface area contributed by atoms with Crippen LogP contribution >= 0.6 is 22.7 Å². The zero-order chi connectivity index (χ0) is 13.7. The molecule has 19 heavy (non-hydrogen) atoms. The molecule has 0 saturated carbocycles. The van der Waals surface area contributed by atoms with E-state index in [9.17, 15) is 9.90 Å². The van der Waals surface area contributed by atoms with Gasteiger partial charge < -0.3 is 15.2 Å². The lowest BCUT2D eigenvalue weighted by Crippen LogP contribution is -2.30. The van der Waals surface area contributed by atoms with Gasteiger partial charge in [-0.3, -0.25) is 4.79 Å². The SMILES string of the molecule is COCC(=O)NCC(O)c1ccc(-c2ccsc2)s1. The van der Waals surface area contributed by atoms with Crippen molar-refractivity contribution in [3.05, 3.63) is 33.8 Å². The molecule has 0 radical (unpaired) electrons. The average Bonchev–Trinajstić information content (AvgIpc) is 3.06. The topological polar surface area (TPSA) is 58.6 Å². The minimum absolute atomic E-state index is 0.0112. The third kappa shape index (κ3) is 3.87. The van der Waals surface area contributed by atoms with Gasteiger partial charge in [-0.2, -0.15) is 11.3 Å². The van der Waals surface area contributed by atoms with Crippen molar-refractivity contribution >= 4 is 28.6 Å². The lowest BCUT2D eigenvalue weighted by Gasteiger charge is -2.09. The third-order valence-electron chi connectivity index (χ3n) is 2.53. The Balaban J connectivity index is 1.93. The summed E-state index contributed by atoms with van der Waals surface area (Å²) in [7, 11) is 1.46. The summed E-state index contributed by atoms with van der Waals surface area (Å²) in [6, 6.07) is 5.93. The number of thiophene rings is 2. The maximum Gasteiger partial charge on any atom is 0.246 e. The van der Waals surface area contributed by atoms with Gasteiger partial charge in [0.15, 0.2) is 0 Å². The van der Waals surface area contributed by atoms with Gasteiger partial charge >= 0.3 is 0 Å². The number of aliphatic hydroxyl groups is 1. The van der Waals surface area contributed by atoms with Crippen molar-refractivity contribution in [2.24, 2.45) is 0 Å². The van der Waals surface area contributed by atoms with E-state index in [1.807, 2.05) is 23.6 Å². The van der Waals surface area contributed by atoms with E-state index in [-0.39, 0.29) is 19.1 Å². The van der Waals surface area contributed by atoms with Crippen molar-refractivity contribution < 1.29 is 14.6 Å². The van der Waals surface area contributed by atoms with Gasteiger partial charge in [0.2, 0.25) is 5.91 Å². The molecule has 2 rings (SSSR count). The first-order chi connectivity index (χ1) is 9.20. The van der Waals surface area contributed by atoms with Crippen LogP contribution in [0.3, 0.4) is 0 Å². The molecule has 0 spiro atoms. The van der Waals surface area contributed by atoms with Gasteiger partial charge in [-0.15, -0.1) is 11.3 Å². The molecule has 0 aromatic carbocycles. The second kappa shape index (κ2) is 6.81. The van der Waals surface area contributed by atoms with Crippen LogP contribution in [0.5, 0.6) is 0 Å². The number of methoxy groups -OCH3 is 1. The molecule has 6 heteroatoms. The predicted octanol–water partition coefficient (Wildman–Crippen LogP) is 2.27. The predicted molar refractivity (Wildman–Crippen MR) is 77.5 cm³/mol. The highest BCUT2D eigenvalue weighted by molar-refractivity contribution is 7.16. The number of rotatable bonds is 6. The molecule has 1 unspecified atom stereocenters. The Bertz CT molecular complexity index is 522. The molecule has 4 nitrogen and oxygen atoms in total. The van der Waals surface area contributed by atoms with Crippen LogP contribution in [0.2, 0.25) is 0 Å². The van der Waals surface area contributed by atoms with Gasteiger partial charge in [0, 0.05) is 29.0 Å². The second-order valence-electron chi connectivity index (χ2n) is 3.97. The minimum atomic E-state index is -0.682. The Morgan fingerprint density at radius 3 is 3.00 bits per heavy atom. The molecule has 0 aliphatic carbocycles. The van der Waals surface area contributed by atoms with Crippen LogP contribution in [0, 0.1) is 0 Å². The molecule has 2 aromatic heterocycles. The fourth-order valence-electron chi connectivity index (χ4n) is 1.58. The first-order valence-corrected chi connectivity index (χ1v) is 7.52. The van der Waals surface area contributed by atoms with Gasteiger partial charge in [0.1, 0.15) is 12.7 Å². The molecule has 0 aliphatic heterocycles. The molecule has 0 fully saturated rings. The normalized spacial score (nSPS) is 12.3. The molecule has 0 saturated heterocycles. The zero-order valence-electron chi connectivity index (χ0n) is 10.5. The summed E-state index contributed by atoms with van der Waals surface area (Å²) in [5.74, 6) is -0.226. The highest BCUT2D eigenvalue weighted by Gasteiger charge is 2.12. The Labute approximate surface area is 119 Å². The molecule has 2 heterocycles. The number of amides is 1. The van der Waals surface area contributed by atoms with Crippen LogP contribution in [0.4, 0.5) is 0 Å². The van der Waals surface area contributed by atoms with Gasteiger partial charge in [-0.25, -0.2) is 0 Å². The van der Waals surface area contributed by atoms with E-state index in [0.29, 0.717) is 0 Å². The standard InChI is InChI=1S/C13H15NO3S2/c1-17-7-13(16)14-6-10(15)12-3-2-11(19-12)9-4-5-18-8-9/h2-5,8,10,15H,6-7H2,1H3,(H,14,16). The molecular formula is C13H15NO3S2. The molecule has 1 atom stereocenters. The highest BCUT2D eigenvalue weighted by atomic mass is 32.1. The maximum absolute atomic E-state index is 11.2. The quantitative estimate of drug-likeness (QED) is 0.860. The first-order valence-electron chi connectivity index (χ1n) is 5.76. The number of hydrogen-bond acceptors (Lipinski definition) is 5. The summed E-state index contributed by atoms with van der Waals surface area (Å²) in [6.07, 6.45) is -0.682. The molecule has 0 bridgehead atoms. The number of carbonyl (C=O) groups excluding carboxylic acids is 1. The Morgan fingerprint density at radius 1 is 1.47 bits per heavy atom. The molecular weight excluding hydrogens is 282 g/mol. The van der Waals surface area contributed by atoms with Gasteiger partial charge in [0.25, 0.3) is 0 Å². The molecule has 102 valence electrons. The lowest BCUT2D eigenvalue weighted by atomic mass is 10.2. The number of carbonyl (C=O) groups is 1. The van der Waals surface area contributed by atoms with E-state index >= 15 is 0 Å². The summed E-state index contributed by atoms with van der Waals surface area (Å²) in [5.41, 5.74) is 1.16. The van der Waals surface area contributed by atoms with Gasteiger partial charge in [0.05, 0.1) is 0 Å². The Kier molecular flexibility index (Phi) is 5.09. The Morgan fingerprint density at radius 2 is 2.32 bits per heavy atom. The first kappa shape index (κ1) is 14.2. The monoisotopic (exact) mass is 297 g/mol. The van der Waals surface area contributed by atoms with Crippen molar-refractivity contribution in [3.8, 4) is 10.4 Å². The van der Waals surface area contributed by atoms with Crippen LogP contribution in [0.1, 0.15) is 11.0 Å². The van der Waals surface area contributed by atoms with E-state index in [1.165, 1.54) is 18.4 Å². The summed E-state index contributed by atoms with van der Waals surface area (Å²) < 4.78 is 4.70. The largest absolute Gasteiger partial charge is 0.386 e. The second-order valence-corrected chi connectivity index (χ2v) is 5.86. The fraction of sp³-hybridized carbons (Fsp3) is 0.308. The fourth-order valence-corrected chi connectivity index (χ4v) is 3.31. The average molecular weight is 297 g/mol. The minimum Gasteiger partial charge on any atom is -0.386 e. The zero-order valence-corrected chi connectivity index (χ0v) is 12.1. The van der Waals surface area contributed by atoms with Crippen molar-refractivity contribution in [3.63, 3.8) is 0 Å². The molecule has 2 aromatic rings. The highest BCUT2D eigenvalue weighted by Crippen LogP contribution is 2.32. The van der Waals surface area contributed by atoms with E-state index in [2.05, 4.69) is 10.7 Å². The smallest absolute Gasteiger partial charge is 0.246 e. The molecule has 1 amide bonds. The van der Waals surface area contributed by atoms with E-state index in [4.69, 9.17) is 4.74 Å². The van der Waals surface area contributed by atoms with E-state index < -0.39 is 6.10 Å². The summed E-state index contributed by atoms with van der Waals surface area (Å²) in [6.45, 7) is 0.211. The summed E-state index contributed by atoms with van der Waals surface area (Å²) in [4.78, 5) is 13.2. The number of ether oxygens (including phenoxy) is 1. The molecule has 0 aliphatic rings. The van der Waals surface area contributed by atoms with E-state index in [0.717, 1.165) is 15.3 Å². The third-order valence-corrected chi connectivity index (χ3v) is 4.45. The maximum atomic E-state index is 11.2. The van der Waals surface area contributed by atoms with E-state index in [1.54, 1.807) is 11.3 Å². The van der Waals surface area contributed by atoms with Crippen molar-refractivity contribution in [2.75, 3.05) is 20.3 Å². The van der Waals surface area contributed by atoms with Crippen molar-refractivity contribution in [1.29, 1.82) is 0 Å². The summed E-state index contributed by atoms with van der Waals surface area (Å²) in [5, 5.41) is 16.7. The van der Waals surface area contributed by atoms with Crippen LogP contribution in [-0.2, 0) is 9.53 Å². The lowest BCUT2D eigenvalue weighted by molar-refractivity contribution is -0.125. The van der Waals surface area contributed by atoms with Crippen LogP contribution < -0.4 is 5.32 Å².